The fourth-order valence-corrected chi connectivity index (χ4v) is 2.27. The molecule has 0 aromatic carbocycles. The Kier molecular flexibility index (Phi) is 8.62. The van der Waals surface area contributed by atoms with Crippen LogP contribution in [0.5, 0.6) is 0 Å². The molecule has 1 heterocycles. The molecule has 1 rings (SSSR count). The maximum atomic E-state index is 11.4. The fraction of sp³-hybridized carbons (Fsp3) is 0.812. The second-order valence-corrected chi connectivity index (χ2v) is 5.47. The Morgan fingerprint density at radius 1 is 1.00 bits per heavy atom. The number of hydrogen-bond donors (Lipinski definition) is 0. The predicted octanol–water partition coefficient (Wildman–Crippen LogP) is 4.64. The summed E-state index contributed by atoms with van der Waals surface area (Å²) < 4.78 is 5.26. The van der Waals surface area contributed by atoms with Gasteiger partial charge in [-0.25, -0.2) is 0 Å². The first kappa shape index (κ1) is 15.3. The summed E-state index contributed by atoms with van der Waals surface area (Å²) in [6, 6.07) is 0. The normalized spacial score (nSPS) is 27.4. The molecule has 1 aliphatic heterocycles. The molecule has 0 radical (unpaired) electrons. The van der Waals surface area contributed by atoms with E-state index in [1.165, 1.54) is 32.1 Å². The van der Waals surface area contributed by atoms with Crippen molar-refractivity contribution in [3.8, 4) is 0 Å². The molecule has 0 saturated heterocycles. The van der Waals surface area contributed by atoms with E-state index in [0.29, 0.717) is 18.9 Å². The Morgan fingerprint density at radius 3 is 2.61 bits per heavy atom. The SMILES string of the molecule is C[C@H]1CC/C=C\CCCCCCCC(=O)OCC1. The molecule has 104 valence electrons. The second-order valence-electron chi connectivity index (χ2n) is 5.47. The first-order valence-electron chi connectivity index (χ1n) is 7.59. The number of ether oxygens (including phenoxy) is 1. The van der Waals surface area contributed by atoms with Crippen molar-refractivity contribution in [2.45, 2.75) is 71.1 Å². The van der Waals surface area contributed by atoms with Gasteiger partial charge in [-0.1, -0.05) is 38.3 Å². The van der Waals surface area contributed by atoms with Gasteiger partial charge in [0, 0.05) is 6.42 Å². The average molecular weight is 252 g/mol. The summed E-state index contributed by atoms with van der Waals surface area (Å²) in [7, 11) is 0. The van der Waals surface area contributed by atoms with Gasteiger partial charge >= 0.3 is 5.97 Å². The highest BCUT2D eigenvalue weighted by molar-refractivity contribution is 5.69. The third-order valence-corrected chi connectivity index (χ3v) is 3.62. The molecule has 0 aromatic heterocycles. The van der Waals surface area contributed by atoms with E-state index >= 15 is 0 Å². The molecule has 2 heteroatoms. The van der Waals surface area contributed by atoms with Crippen molar-refractivity contribution in [2.24, 2.45) is 5.92 Å². The maximum Gasteiger partial charge on any atom is 0.305 e. The van der Waals surface area contributed by atoms with Crippen LogP contribution in [0.25, 0.3) is 0 Å². The average Bonchev–Trinajstić information content (AvgIpc) is 2.34. The monoisotopic (exact) mass is 252 g/mol. The molecule has 0 aliphatic carbocycles. The van der Waals surface area contributed by atoms with Gasteiger partial charge in [0.25, 0.3) is 0 Å². The Bertz CT molecular complexity index is 245. The van der Waals surface area contributed by atoms with Crippen LogP contribution in [0.2, 0.25) is 0 Å². The maximum absolute atomic E-state index is 11.4. The van der Waals surface area contributed by atoms with Crippen LogP contribution >= 0.6 is 0 Å². The van der Waals surface area contributed by atoms with Crippen LogP contribution in [0.3, 0.4) is 0 Å². The fourth-order valence-electron chi connectivity index (χ4n) is 2.27. The quantitative estimate of drug-likeness (QED) is 0.464. The van der Waals surface area contributed by atoms with Gasteiger partial charge in [-0.05, 0) is 44.4 Å². The van der Waals surface area contributed by atoms with E-state index in [9.17, 15) is 4.79 Å². The molecule has 0 unspecified atom stereocenters. The first-order valence-corrected chi connectivity index (χ1v) is 7.59. The number of hydrogen-bond acceptors (Lipinski definition) is 2. The van der Waals surface area contributed by atoms with Gasteiger partial charge < -0.3 is 4.74 Å². The van der Waals surface area contributed by atoms with Crippen LogP contribution in [-0.2, 0) is 9.53 Å². The van der Waals surface area contributed by atoms with Crippen molar-refractivity contribution in [1.29, 1.82) is 0 Å². The Balaban J connectivity index is 2.27. The van der Waals surface area contributed by atoms with Crippen molar-refractivity contribution in [3.05, 3.63) is 12.2 Å². The summed E-state index contributed by atoms with van der Waals surface area (Å²) in [6.07, 6.45) is 15.8. The molecule has 0 spiro atoms. The molecule has 0 fully saturated rings. The third-order valence-electron chi connectivity index (χ3n) is 3.62. The van der Waals surface area contributed by atoms with Crippen LogP contribution in [-0.4, -0.2) is 12.6 Å². The summed E-state index contributed by atoms with van der Waals surface area (Å²) in [5, 5.41) is 0. The van der Waals surface area contributed by atoms with Crippen LogP contribution < -0.4 is 0 Å². The van der Waals surface area contributed by atoms with Crippen LogP contribution in [0.4, 0.5) is 0 Å². The summed E-state index contributed by atoms with van der Waals surface area (Å²) >= 11 is 0. The number of rotatable bonds is 0. The lowest BCUT2D eigenvalue weighted by Gasteiger charge is -2.10. The smallest absolute Gasteiger partial charge is 0.305 e. The predicted molar refractivity (Wildman–Crippen MR) is 75.4 cm³/mol. The van der Waals surface area contributed by atoms with Crippen molar-refractivity contribution < 1.29 is 9.53 Å². The van der Waals surface area contributed by atoms with E-state index in [1.54, 1.807) is 0 Å². The highest BCUT2D eigenvalue weighted by atomic mass is 16.5. The number of carbonyl (C=O) groups excluding carboxylic acids is 1. The van der Waals surface area contributed by atoms with Crippen molar-refractivity contribution >= 4 is 5.97 Å². The van der Waals surface area contributed by atoms with Gasteiger partial charge in [0.05, 0.1) is 6.61 Å². The largest absolute Gasteiger partial charge is 0.466 e. The number of cyclic esters (lactones) is 1. The lowest BCUT2D eigenvalue weighted by atomic mass is 10.0. The highest BCUT2D eigenvalue weighted by Gasteiger charge is 2.05. The van der Waals surface area contributed by atoms with E-state index < -0.39 is 0 Å². The Labute approximate surface area is 112 Å². The minimum absolute atomic E-state index is 0.00538. The van der Waals surface area contributed by atoms with Crippen molar-refractivity contribution in [2.75, 3.05) is 6.61 Å². The van der Waals surface area contributed by atoms with E-state index in [1.807, 2.05) is 0 Å². The molecule has 0 aromatic rings. The van der Waals surface area contributed by atoms with Gasteiger partial charge in [-0.3, -0.25) is 4.79 Å². The van der Waals surface area contributed by atoms with Crippen molar-refractivity contribution in [3.63, 3.8) is 0 Å². The number of allylic oxidation sites excluding steroid dienone is 2. The Morgan fingerprint density at radius 2 is 1.72 bits per heavy atom. The topological polar surface area (TPSA) is 26.3 Å². The summed E-state index contributed by atoms with van der Waals surface area (Å²) in [5.74, 6) is 0.643. The van der Waals surface area contributed by atoms with E-state index in [-0.39, 0.29) is 5.97 Å². The molecule has 1 atom stereocenters. The second kappa shape index (κ2) is 10.2. The molecule has 0 N–H and O–H groups in total. The molecular weight excluding hydrogens is 224 g/mol. The molecule has 2 nitrogen and oxygen atoms in total. The molecule has 0 amide bonds. The first-order chi connectivity index (χ1) is 8.79. The van der Waals surface area contributed by atoms with E-state index in [4.69, 9.17) is 4.74 Å². The van der Waals surface area contributed by atoms with Crippen molar-refractivity contribution in [1.82, 2.24) is 0 Å². The van der Waals surface area contributed by atoms with Gasteiger partial charge in [0.1, 0.15) is 0 Å². The van der Waals surface area contributed by atoms with E-state index in [0.717, 1.165) is 25.7 Å². The van der Waals surface area contributed by atoms with Crippen LogP contribution in [0.15, 0.2) is 12.2 Å². The molecule has 0 bridgehead atoms. The molecule has 18 heavy (non-hydrogen) atoms. The zero-order chi connectivity index (χ0) is 13.1. The molecule has 1 aliphatic rings. The van der Waals surface area contributed by atoms with Crippen LogP contribution in [0, 0.1) is 5.92 Å². The molecule has 0 saturated carbocycles. The van der Waals surface area contributed by atoms with Gasteiger partial charge in [0.15, 0.2) is 0 Å². The molecular formula is C16H28O2. The standard InChI is InChI=1S/C16H28O2/c1-15-11-9-7-5-3-2-4-6-8-10-12-16(17)18-14-13-15/h5,7,15H,2-4,6,8-14H2,1H3/b7-5-/t15-/m0/s1. The number of carbonyl (C=O) groups is 1. The summed E-state index contributed by atoms with van der Waals surface area (Å²) in [4.78, 5) is 11.4. The minimum Gasteiger partial charge on any atom is -0.466 e. The third kappa shape index (κ3) is 8.32. The Hall–Kier alpha value is -0.790. The van der Waals surface area contributed by atoms with Crippen LogP contribution in [0.1, 0.15) is 71.1 Å². The van der Waals surface area contributed by atoms with E-state index in [2.05, 4.69) is 19.1 Å². The zero-order valence-corrected chi connectivity index (χ0v) is 11.8. The van der Waals surface area contributed by atoms with Gasteiger partial charge in [0.2, 0.25) is 0 Å². The van der Waals surface area contributed by atoms with Gasteiger partial charge in [-0.15, -0.1) is 0 Å². The summed E-state index contributed by atoms with van der Waals surface area (Å²) in [6.45, 7) is 2.84. The number of esters is 1. The highest BCUT2D eigenvalue weighted by Crippen LogP contribution is 2.13. The summed E-state index contributed by atoms with van der Waals surface area (Å²) in [5.41, 5.74) is 0. The van der Waals surface area contributed by atoms with Gasteiger partial charge in [-0.2, -0.15) is 0 Å². The zero-order valence-electron chi connectivity index (χ0n) is 11.8. The lowest BCUT2D eigenvalue weighted by molar-refractivity contribution is -0.144. The minimum atomic E-state index is -0.00538. The lowest BCUT2D eigenvalue weighted by Crippen LogP contribution is -2.08.